The maximum Gasteiger partial charge on any atom is 0.251 e. The lowest BCUT2D eigenvalue weighted by atomic mass is 10.00. The van der Waals surface area contributed by atoms with Crippen LogP contribution in [-0.2, 0) is 0 Å². The molecule has 104 valence electrons. The molecule has 1 amide bonds. The van der Waals surface area contributed by atoms with Gasteiger partial charge in [-0.05, 0) is 56.2 Å². The van der Waals surface area contributed by atoms with E-state index in [4.69, 9.17) is 0 Å². The van der Waals surface area contributed by atoms with Crippen molar-refractivity contribution in [1.82, 2.24) is 5.32 Å². The van der Waals surface area contributed by atoms with Gasteiger partial charge in [-0.25, -0.2) is 4.39 Å². The molecule has 0 aliphatic rings. The van der Waals surface area contributed by atoms with Crippen molar-refractivity contribution in [2.45, 2.75) is 26.8 Å². The number of rotatable bonds is 3. The van der Waals surface area contributed by atoms with Crippen LogP contribution in [0.4, 0.5) is 4.39 Å². The van der Waals surface area contributed by atoms with Crippen LogP contribution in [0.5, 0.6) is 0 Å². The highest BCUT2D eigenvalue weighted by atomic mass is 19.1. The maximum absolute atomic E-state index is 12.8. The van der Waals surface area contributed by atoms with Gasteiger partial charge in [-0.15, -0.1) is 0 Å². The first kappa shape index (κ1) is 14.3. The largest absolute Gasteiger partial charge is 0.346 e. The minimum atomic E-state index is -0.344. The van der Waals surface area contributed by atoms with Crippen LogP contribution >= 0.6 is 0 Å². The molecule has 1 N–H and O–H groups in total. The fourth-order valence-corrected chi connectivity index (χ4v) is 2.27. The van der Waals surface area contributed by atoms with Crippen molar-refractivity contribution in [2.24, 2.45) is 0 Å². The van der Waals surface area contributed by atoms with E-state index in [-0.39, 0.29) is 17.8 Å². The van der Waals surface area contributed by atoms with Gasteiger partial charge in [0, 0.05) is 5.56 Å². The van der Waals surface area contributed by atoms with Crippen LogP contribution in [0, 0.1) is 19.7 Å². The van der Waals surface area contributed by atoms with E-state index >= 15 is 0 Å². The summed E-state index contributed by atoms with van der Waals surface area (Å²) in [6.45, 7) is 6.01. The predicted molar refractivity (Wildman–Crippen MR) is 78.2 cm³/mol. The number of carbonyl (C=O) groups is 1. The van der Waals surface area contributed by atoms with E-state index in [9.17, 15) is 9.18 Å². The lowest BCUT2D eigenvalue weighted by Gasteiger charge is -2.17. The van der Waals surface area contributed by atoms with Crippen LogP contribution in [0.15, 0.2) is 42.5 Å². The van der Waals surface area contributed by atoms with E-state index < -0.39 is 0 Å². The quantitative estimate of drug-likeness (QED) is 0.900. The van der Waals surface area contributed by atoms with Crippen molar-refractivity contribution >= 4 is 5.91 Å². The van der Waals surface area contributed by atoms with E-state index in [0.29, 0.717) is 5.56 Å². The Bertz CT molecular complexity index is 619. The number of hydrogen-bond donors (Lipinski definition) is 1. The molecule has 0 unspecified atom stereocenters. The molecule has 2 rings (SSSR count). The normalized spacial score (nSPS) is 12.0. The van der Waals surface area contributed by atoms with Crippen LogP contribution < -0.4 is 5.32 Å². The van der Waals surface area contributed by atoms with Crippen molar-refractivity contribution in [3.63, 3.8) is 0 Å². The summed E-state index contributed by atoms with van der Waals surface area (Å²) < 4.78 is 12.8. The Morgan fingerprint density at radius 2 is 1.75 bits per heavy atom. The zero-order valence-electron chi connectivity index (χ0n) is 11.9. The molecular weight excluding hydrogens is 253 g/mol. The fourth-order valence-electron chi connectivity index (χ4n) is 2.27. The molecule has 0 saturated carbocycles. The van der Waals surface area contributed by atoms with Crippen molar-refractivity contribution in [2.75, 3.05) is 0 Å². The van der Waals surface area contributed by atoms with Crippen molar-refractivity contribution in [1.29, 1.82) is 0 Å². The number of carbonyl (C=O) groups excluding carboxylic acids is 1. The summed E-state index contributed by atoms with van der Waals surface area (Å²) in [6.07, 6.45) is 0. The number of amides is 1. The van der Waals surface area contributed by atoms with Gasteiger partial charge in [0.1, 0.15) is 5.82 Å². The zero-order valence-corrected chi connectivity index (χ0v) is 11.9. The van der Waals surface area contributed by atoms with Gasteiger partial charge in [-0.1, -0.05) is 23.8 Å². The monoisotopic (exact) mass is 271 g/mol. The third-order valence-electron chi connectivity index (χ3n) is 3.35. The van der Waals surface area contributed by atoms with Crippen LogP contribution in [0.2, 0.25) is 0 Å². The summed E-state index contributed by atoms with van der Waals surface area (Å²) in [5.41, 5.74) is 3.90. The van der Waals surface area contributed by atoms with Gasteiger partial charge in [0.15, 0.2) is 0 Å². The number of benzene rings is 2. The van der Waals surface area contributed by atoms with Crippen LogP contribution in [-0.4, -0.2) is 5.91 Å². The highest BCUT2D eigenvalue weighted by Gasteiger charge is 2.13. The Morgan fingerprint density at radius 3 is 2.35 bits per heavy atom. The highest BCUT2D eigenvalue weighted by Crippen LogP contribution is 2.19. The van der Waals surface area contributed by atoms with Crippen LogP contribution in [0.25, 0.3) is 0 Å². The standard InChI is InChI=1S/C17H18FNO/c1-11-4-9-16(12(2)10-11)13(3)19-17(20)14-5-7-15(18)8-6-14/h4-10,13H,1-3H3,(H,19,20)/t13-/m1/s1. The van der Waals surface area contributed by atoms with E-state index in [1.165, 1.54) is 29.8 Å². The van der Waals surface area contributed by atoms with Gasteiger partial charge >= 0.3 is 0 Å². The first-order chi connectivity index (χ1) is 9.47. The molecular formula is C17H18FNO. The summed E-state index contributed by atoms with van der Waals surface area (Å²) in [7, 11) is 0. The second kappa shape index (κ2) is 5.87. The summed E-state index contributed by atoms with van der Waals surface area (Å²) in [5.74, 6) is -0.540. The molecule has 0 aliphatic carbocycles. The molecule has 1 atom stereocenters. The Morgan fingerprint density at radius 1 is 1.10 bits per heavy atom. The lowest BCUT2D eigenvalue weighted by Crippen LogP contribution is -2.27. The van der Waals surface area contributed by atoms with Gasteiger partial charge in [0.2, 0.25) is 0 Å². The fraction of sp³-hybridized carbons (Fsp3) is 0.235. The molecule has 20 heavy (non-hydrogen) atoms. The number of hydrogen-bond acceptors (Lipinski definition) is 1. The third kappa shape index (κ3) is 3.23. The Labute approximate surface area is 118 Å². The Hall–Kier alpha value is -2.16. The van der Waals surface area contributed by atoms with Gasteiger partial charge in [-0.3, -0.25) is 4.79 Å². The topological polar surface area (TPSA) is 29.1 Å². The average Bonchev–Trinajstić information content (AvgIpc) is 2.39. The molecule has 0 aliphatic heterocycles. The molecule has 0 radical (unpaired) electrons. The van der Waals surface area contributed by atoms with E-state index in [2.05, 4.69) is 11.4 Å². The molecule has 0 saturated heterocycles. The molecule has 0 bridgehead atoms. The van der Waals surface area contributed by atoms with Gasteiger partial charge in [-0.2, -0.15) is 0 Å². The van der Waals surface area contributed by atoms with Crippen molar-refractivity contribution < 1.29 is 9.18 Å². The molecule has 0 fully saturated rings. The Balaban J connectivity index is 2.12. The number of aryl methyl sites for hydroxylation is 2. The molecule has 3 heteroatoms. The summed E-state index contributed by atoms with van der Waals surface area (Å²) in [4.78, 5) is 12.1. The second-order valence-electron chi connectivity index (χ2n) is 5.06. The molecule has 2 nitrogen and oxygen atoms in total. The third-order valence-corrected chi connectivity index (χ3v) is 3.35. The number of halogens is 1. The van der Waals surface area contributed by atoms with Gasteiger partial charge in [0.25, 0.3) is 5.91 Å². The smallest absolute Gasteiger partial charge is 0.251 e. The molecule has 2 aromatic carbocycles. The average molecular weight is 271 g/mol. The van der Waals surface area contributed by atoms with Crippen LogP contribution in [0.1, 0.15) is 40.0 Å². The predicted octanol–water partition coefficient (Wildman–Crippen LogP) is 3.93. The van der Waals surface area contributed by atoms with E-state index in [0.717, 1.165) is 11.1 Å². The van der Waals surface area contributed by atoms with Gasteiger partial charge in [0.05, 0.1) is 6.04 Å². The zero-order chi connectivity index (χ0) is 14.7. The van der Waals surface area contributed by atoms with Crippen LogP contribution in [0.3, 0.4) is 0 Å². The minimum absolute atomic E-state index is 0.0897. The molecule has 0 aromatic heterocycles. The van der Waals surface area contributed by atoms with Gasteiger partial charge < -0.3 is 5.32 Å². The number of nitrogens with one attached hydrogen (secondary N) is 1. The second-order valence-corrected chi connectivity index (χ2v) is 5.06. The van der Waals surface area contributed by atoms with Crippen molar-refractivity contribution in [3.05, 3.63) is 70.5 Å². The highest BCUT2D eigenvalue weighted by molar-refractivity contribution is 5.94. The first-order valence-electron chi connectivity index (χ1n) is 6.61. The molecule has 2 aromatic rings. The molecule has 0 spiro atoms. The lowest BCUT2D eigenvalue weighted by molar-refractivity contribution is 0.0940. The Kier molecular flexibility index (Phi) is 4.18. The summed E-state index contributed by atoms with van der Waals surface area (Å²) in [5, 5.41) is 2.93. The summed E-state index contributed by atoms with van der Waals surface area (Å²) >= 11 is 0. The SMILES string of the molecule is Cc1ccc([C@@H](C)NC(=O)c2ccc(F)cc2)c(C)c1. The summed E-state index contributed by atoms with van der Waals surface area (Å²) in [6, 6.07) is 11.6. The molecule has 0 heterocycles. The minimum Gasteiger partial charge on any atom is -0.346 e. The van der Waals surface area contributed by atoms with Crippen molar-refractivity contribution in [3.8, 4) is 0 Å². The van der Waals surface area contributed by atoms with E-state index in [1.807, 2.05) is 32.9 Å². The van der Waals surface area contributed by atoms with E-state index in [1.54, 1.807) is 0 Å². The first-order valence-corrected chi connectivity index (χ1v) is 6.61. The maximum atomic E-state index is 12.8.